The van der Waals surface area contributed by atoms with Gasteiger partial charge in [-0.25, -0.2) is 0 Å². The molecule has 0 atom stereocenters. The van der Waals surface area contributed by atoms with Crippen molar-refractivity contribution in [3.8, 4) is 11.3 Å². The van der Waals surface area contributed by atoms with Crippen molar-refractivity contribution in [1.29, 1.82) is 0 Å². The van der Waals surface area contributed by atoms with Gasteiger partial charge in [0, 0.05) is 22.5 Å². The van der Waals surface area contributed by atoms with Crippen molar-refractivity contribution in [1.82, 2.24) is 4.98 Å². The number of aryl methyl sites for hydroxylation is 1. The van der Waals surface area contributed by atoms with Crippen LogP contribution in [-0.2, 0) is 10.8 Å². The van der Waals surface area contributed by atoms with Crippen molar-refractivity contribution in [3.05, 3.63) is 64.8 Å². The average Bonchev–Trinajstić information content (AvgIpc) is 3.08. The number of hydrogen-bond donors (Lipinski definition) is 0. The van der Waals surface area contributed by atoms with Crippen molar-refractivity contribution in [2.24, 2.45) is 0 Å². The molecule has 1 aliphatic rings. The standard InChI is InChI=1S/C27H29NO/c1-16-17(2)24-20(22-21(16)26(3,4)13-14-27(22,5)6)19-12-15-28-23(25(19)29-24)18-10-8-7-9-11-18/h7-12,15H,13-14H2,1-6H3. The SMILES string of the molecule is Cc1c2c(c3c(oc4c(-c5ccccc5)nccc43)c1C)C(C)(C)CCC2(C)C. The molecule has 2 heterocycles. The van der Waals surface area contributed by atoms with Gasteiger partial charge >= 0.3 is 0 Å². The maximum absolute atomic E-state index is 6.61. The molecule has 5 rings (SSSR count). The lowest BCUT2D eigenvalue weighted by atomic mass is 9.60. The zero-order valence-electron chi connectivity index (χ0n) is 18.3. The van der Waals surface area contributed by atoms with E-state index in [-0.39, 0.29) is 10.8 Å². The van der Waals surface area contributed by atoms with Gasteiger partial charge in [0.1, 0.15) is 11.3 Å². The highest BCUT2D eigenvalue weighted by molar-refractivity contribution is 6.12. The Kier molecular flexibility index (Phi) is 3.78. The van der Waals surface area contributed by atoms with Crippen molar-refractivity contribution in [3.63, 3.8) is 0 Å². The molecule has 2 aromatic heterocycles. The third kappa shape index (κ3) is 2.51. The third-order valence-electron chi connectivity index (χ3n) is 7.16. The quantitative estimate of drug-likeness (QED) is 0.338. The van der Waals surface area contributed by atoms with E-state index in [0.29, 0.717) is 0 Å². The van der Waals surface area contributed by atoms with E-state index in [1.54, 1.807) is 0 Å². The minimum Gasteiger partial charge on any atom is -0.453 e. The van der Waals surface area contributed by atoms with Crippen LogP contribution in [0.2, 0.25) is 0 Å². The number of hydrogen-bond acceptors (Lipinski definition) is 2. The van der Waals surface area contributed by atoms with Crippen molar-refractivity contribution >= 4 is 21.9 Å². The number of aromatic nitrogens is 1. The van der Waals surface area contributed by atoms with Gasteiger partial charge in [0.25, 0.3) is 0 Å². The van der Waals surface area contributed by atoms with Gasteiger partial charge in [0.15, 0.2) is 5.58 Å². The molecule has 0 amide bonds. The molecule has 0 N–H and O–H groups in total. The van der Waals surface area contributed by atoms with Crippen LogP contribution in [0, 0.1) is 13.8 Å². The van der Waals surface area contributed by atoms with Crippen LogP contribution in [0.1, 0.15) is 62.8 Å². The van der Waals surface area contributed by atoms with Gasteiger partial charge in [0.2, 0.25) is 0 Å². The van der Waals surface area contributed by atoms with E-state index < -0.39 is 0 Å². The summed E-state index contributed by atoms with van der Waals surface area (Å²) < 4.78 is 6.61. The normalized spacial score (nSPS) is 17.6. The largest absolute Gasteiger partial charge is 0.453 e. The Morgan fingerprint density at radius 3 is 2.14 bits per heavy atom. The summed E-state index contributed by atoms with van der Waals surface area (Å²) in [5.41, 5.74) is 9.92. The van der Waals surface area contributed by atoms with Gasteiger partial charge in [-0.1, -0.05) is 58.0 Å². The van der Waals surface area contributed by atoms with Crippen LogP contribution >= 0.6 is 0 Å². The predicted molar refractivity (Wildman–Crippen MR) is 122 cm³/mol. The van der Waals surface area contributed by atoms with Crippen LogP contribution in [-0.4, -0.2) is 4.98 Å². The van der Waals surface area contributed by atoms with Crippen LogP contribution in [0.4, 0.5) is 0 Å². The summed E-state index contributed by atoms with van der Waals surface area (Å²) in [6, 6.07) is 12.5. The molecule has 2 aromatic carbocycles. The Bertz CT molecular complexity index is 1260. The molecular weight excluding hydrogens is 354 g/mol. The lowest BCUT2D eigenvalue weighted by Crippen LogP contribution is -2.35. The van der Waals surface area contributed by atoms with E-state index >= 15 is 0 Å². The second kappa shape index (κ2) is 5.95. The van der Waals surface area contributed by atoms with E-state index in [4.69, 9.17) is 9.40 Å². The summed E-state index contributed by atoms with van der Waals surface area (Å²) in [5, 5.41) is 2.49. The first kappa shape index (κ1) is 18.4. The van der Waals surface area contributed by atoms with Crippen LogP contribution in [0.15, 0.2) is 47.0 Å². The first-order valence-corrected chi connectivity index (χ1v) is 10.6. The number of pyridine rings is 1. The summed E-state index contributed by atoms with van der Waals surface area (Å²) in [7, 11) is 0. The van der Waals surface area contributed by atoms with Crippen molar-refractivity contribution in [2.45, 2.75) is 65.2 Å². The zero-order chi connectivity index (χ0) is 20.6. The lowest BCUT2D eigenvalue weighted by Gasteiger charge is -2.43. The zero-order valence-corrected chi connectivity index (χ0v) is 18.3. The van der Waals surface area contributed by atoms with Crippen molar-refractivity contribution < 1.29 is 4.42 Å². The van der Waals surface area contributed by atoms with E-state index in [2.05, 4.69) is 71.9 Å². The summed E-state index contributed by atoms with van der Waals surface area (Å²) in [4.78, 5) is 4.71. The second-order valence-corrected chi connectivity index (χ2v) is 9.98. The van der Waals surface area contributed by atoms with Gasteiger partial charge in [0.05, 0.1) is 0 Å². The second-order valence-electron chi connectivity index (χ2n) is 9.98. The number of nitrogens with zero attached hydrogens (tertiary/aromatic N) is 1. The Morgan fingerprint density at radius 2 is 1.45 bits per heavy atom. The van der Waals surface area contributed by atoms with Gasteiger partial charge in [-0.05, 0) is 65.8 Å². The number of rotatable bonds is 1. The Labute approximate surface area is 173 Å². The highest BCUT2D eigenvalue weighted by Crippen LogP contribution is 2.53. The van der Waals surface area contributed by atoms with Gasteiger partial charge in [-0.2, -0.15) is 0 Å². The smallest absolute Gasteiger partial charge is 0.161 e. The molecule has 2 nitrogen and oxygen atoms in total. The summed E-state index contributed by atoms with van der Waals surface area (Å²) in [6.07, 6.45) is 4.33. The molecule has 2 heteroatoms. The van der Waals surface area contributed by atoms with Crippen LogP contribution in [0.5, 0.6) is 0 Å². The molecule has 4 aromatic rings. The van der Waals surface area contributed by atoms with Gasteiger partial charge in [-0.3, -0.25) is 4.98 Å². The Hall–Kier alpha value is -2.61. The maximum Gasteiger partial charge on any atom is 0.161 e. The average molecular weight is 384 g/mol. The van der Waals surface area contributed by atoms with Gasteiger partial charge in [-0.15, -0.1) is 0 Å². The Balaban J connectivity index is 1.99. The van der Waals surface area contributed by atoms with Gasteiger partial charge < -0.3 is 4.42 Å². The molecule has 0 radical (unpaired) electrons. The maximum atomic E-state index is 6.61. The summed E-state index contributed by atoms with van der Waals surface area (Å²) in [5.74, 6) is 0. The molecule has 0 spiro atoms. The molecule has 148 valence electrons. The van der Waals surface area contributed by atoms with E-state index in [1.165, 1.54) is 45.9 Å². The fourth-order valence-electron chi connectivity index (χ4n) is 5.41. The fraction of sp³-hybridized carbons (Fsp3) is 0.370. The first-order valence-electron chi connectivity index (χ1n) is 10.6. The molecule has 0 unspecified atom stereocenters. The highest BCUT2D eigenvalue weighted by Gasteiger charge is 2.41. The van der Waals surface area contributed by atoms with Crippen LogP contribution < -0.4 is 0 Å². The van der Waals surface area contributed by atoms with Crippen LogP contribution in [0.25, 0.3) is 33.2 Å². The van der Waals surface area contributed by atoms with E-state index in [1.807, 2.05) is 12.3 Å². The molecule has 0 saturated carbocycles. The summed E-state index contributed by atoms with van der Waals surface area (Å²) in [6.45, 7) is 14.1. The monoisotopic (exact) mass is 383 g/mol. The molecule has 0 bridgehead atoms. The minimum atomic E-state index is 0.120. The first-order chi connectivity index (χ1) is 13.7. The molecule has 0 fully saturated rings. The topological polar surface area (TPSA) is 26.0 Å². The molecule has 0 saturated heterocycles. The minimum absolute atomic E-state index is 0.120. The van der Waals surface area contributed by atoms with E-state index in [9.17, 15) is 0 Å². The summed E-state index contributed by atoms with van der Waals surface area (Å²) >= 11 is 0. The fourth-order valence-corrected chi connectivity index (χ4v) is 5.41. The lowest BCUT2D eigenvalue weighted by molar-refractivity contribution is 0.333. The number of fused-ring (bicyclic) bond motifs is 5. The van der Waals surface area contributed by atoms with E-state index in [0.717, 1.165) is 22.4 Å². The van der Waals surface area contributed by atoms with Crippen LogP contribution in [0.3, 0.4) is 0 Å². The highest BCUT2D eigenvalue weighted by atomic mass is 16.3. The number of furan rings is 1. The molecular formula is C27H29NO. The van der Waals surface area contributed by atoms with Crippen molar-refractivity contribution in [2.75, 3.05) is 0 Å². The Morgan fingerprint density at radius 1 is 0.793 bits per heavy atom. The predicted octanol–water partition coefficient (Wildman–Crippen LogP) is 7.61. The molecule has 1 aliphatic carbocycles. The number of benzene rings is 2. The third-order valence-corrected chi connectivity index (χ3v) is 7.16. The molecule has 29 heavy (non-hydrogen) atoms. The molecule has 0 aliphatic heterocycles.